The Kier molecular flexibility index (Phi) is 4.32. The van der Waals surface area contributed by atoms with E-state index in [1.54, 1.807) is 36.4 Å². The molecule has 0 saturated heterocycles. The van der Waals surface area contributed by atoms with Crippen LogP contribution in [0.15, 0.2) is 53.0 Å². The summed E-state index contributed by atoms with van der Waals surface area (Å²) in [5.74, 6) is 0.469. The first-order chi connectivity index (χ1) is 9.20. The molecule has 2 aromatic carbocycles. The van der Waals surface area contributed by atoms with Crippen LogP contribution in [0.1, 0.15) is 15.9 Å². The standard InChI is InChI=1S/C15H10BrNO2/c16-14-4-2-1-3-13(14)15(18)10-19-12-7-5-11(9-17)6-8-12/h1-8H,10H2. The molecule has 0 unspecified atom stereocenters. The number of hydrogen-bond donors (Lipinski definition) is 0. The van der Waals surface area contributed by atoms with Gasteiger partial charge in [0.05, 0.1) is 11.6 Å². The number of rotatable bonds is 4. The Morgan fingerprint density at radius 1 is 1.16 bits per heavy atom. The van der Waals surface area contributed by atoms with Gasteiger partial charge in [0.2, 0.25) is 5.78 Å². The zero-order valence-electron chi connectivity index (χ0n) is 9.97. The van der Waals surface area contributed by atoms with E-state index in [1.165, 1.54) is 0 Å². The second-order valence-electron chi connectivity index (χ2n) is 3.83. The monoisotopic (exact) mass is 315 g/mol. The van der Waals surface area contributed by atoms with Gasteiger partial charge in [-0.1, -0.05) is 34.1 Å². The summed E-state index contributed by atoms with van der Waals surface area (Å²) >= 11 is 3.33. The lowest BCUT2D eigenvalue weighted by Crippen LogP contribution is -2.12. The average Bonchev–Trinajstić information content (AvgIpc) is 2.46. The Morgan fingerprint density at radius 3 is 2.47 bits per heavy atom. The molecular weight excluding hydrogens is 306 g/mol. The Hall–Kier alpha value is -2.12. The third kappa shape index (κ3) is 3.43. The molecule has 0 fully saturated rings. The molecule has 0 bridgehead atoms. The molecule has 3 nitrogen and oxygen atoms in total. The van der Waals surface area contributed by atoms with Gasteiger partial charge >= 0.3 is 0 Å². The molecule has 2 aromatic rings. The maximum atomic E-state index is 12.0. The molecule has 0 atom stereocenters. The maximum Gasteiger partial charge on any atom is 0.201 e. The third-order valence-corrected chi connectivity index (χ3v) is 3.22. The van der Waals surface area contributed by atoms with E-state index in [4.69, 9.17) is 10.00 Å². The van der Waals surface area contributed by atoms with Crippen molar-refractivity contribution in [3.05, 3.63) is 64.1 Å². The molecule has 0 aliphatic rings. The van der Waals surface area contributed by atoms with E-state index in [2.05, 4.69) is 15.9 Å². The van der Waals surface area contributed by atoms with E-state index in [0.29, 0.717) is 16.9 Å². The second-order valence-corrected chi connectivity index (χ2v) is 4.68. The van der Waals surface area contributed by atoms with Gasteiger partial charge in [-0.05, 0) is 30.3 Å². The molecule has 4 heteroatoms. The van der Waals surface area contributed by atoms with Crippen LogP contribution in [0.5, 0.6) is 5.75 Å². The summed E-state index contributed by atoms with van der Waals surface area (Å²) in [6.45, 7) is -0.0332. The first-order valence-electron chi connectivity index (χ1n) is 5.61. The summed E-state index contributed by atoms with van der Waals surface area (Å²) in [7, 11) is 0. The van der Waals surface area contributed by atoms with Gasteiger partial charge in [0.25, 0.3) is 0 Å². The Labute approximate surface area is 119 Å². The van der Waals surface area contributed by atoms with Gasteiger partial charge in [-0.2, -0.15) is 5.26 Å². The van der Waals surface area contributed by atoms with Crippen LogP contribution in [0.3, 0.4) is 0 Å². The van der Waals surface area contributed by atoms with Gasteiger partial charge in [0.1, 0.15) is 5.75 Å². The molecule has 0 aliphatic heterocycles. The van der Waals surface area contributed by atoms with Gasteiger partial charge in [-0.3, -0.25) is 4.79 Å². The third-order valence-electron chi connectivity index (χ3n) is 2.53. The second kappa shape index (κ2) is 6.17. The predicted octanol–water partition coefficient (Wildman–Crippen LogP) is 3.58. The molecule has 0 aromatic heterocycles. The van der Waals surface area contributed by atoms with E-state index >= 15 is 0 Å². The van der Waals surface area contributed by atoms with Crippen molar-refractivity contribution in [3.8, 4) is 11.8 Å². The first kappa shape index (κ1) is 13.3. The van der Waals surface area contributed by atoms with Gasteiger partial charge in [-0.25, -0.2) is 0 Å². The van der Waals surface area contributed by atoms with Crippen LogP contribution in [-0.2, 0) is 0 Å². The predicted molar refractivity (Wildman–Crippen MR) is 75.1 cm³/mol. The molecule has 0 saturated carbocycles. The number of halogens is 1. The molecule has 0 radical (unpaired) electrons. The quantitative estimate of drug-likeness (QED) is 0.810. The number of ketones is 1. The fraction of sp³-hybridized carbons (Fsp3) is 0.0667. The van der Waals surface area contributed by atoms with E-state index < -0.39 is 0 Å². The first-order valence-corrected chi connectivity index (χ1v) is 6.40. The molecule has 0 spiro atoms. The van der Waals surface area contributed by atoms with Crippen molar-refractivity contribution in [1.82, 2.24) is 0 Å². The topological polar surface area (TPSA) is 50.1 Å². The van der Waals surface area contributed by atoms with Gasteiger partial charge in [-0.15, -0.1) is 0 Å². The van der Waals surface area contributed by atoms with Crippen molar-refractivity contribution >= 4 is 21.7 Å². The summed E-state index contributed by atoms with van der Waals surface area (Å²) in [4.78, 5) is 12.0. The number of ether oxygens (including phenoxy) is 1. The van der Waals surface area contributed by atoms with Gasteiger partial charge in [0.15, 0.2) is 6.61 Å². The Bertz CT molecular complexity index is 629. The minimum Gasteiger partial charge on any atom is -0.485 e. The number of carbonyl (C=O) groups is 1. The van der Waals surface area contributed by atoms with E-state index in [0.717, 1.165) is 4.47 Å². The lowest BCUT2D eigenvalue weighted by Gasteiger charge is -2.06. The van der Waals surface area contributed by atoms with E-state index in [1.807, 2.05) is 18.2 Å². The number of hydrogen-bond acceptors (Lipinski definition) is 3. The Balaban J connectivity index is 2.01. The highest BCUT2D eigenvalue weighted by molar-refractivity contribution is 9.10. The summed E-state index contributed by atoms with van der Waals surface area (Å²) in [5.41, 5.74) is 1.15. The summed E-state index contributed by atoms with van der Waals surface area (Å²) in [5, 5.41) is 8.68. The highest BCUT2D eigenvalue weighted by Crippen LogP contribution is 2.17. The average molecular weight is 316 g/mol. The largest absolute Gasteiger partial charge is 0.485 e. The fourth-order valence-corrected chi connectivity index (χ4v) is 2.05. The lowest BCUT2D eigenvalue weighted by molar-refractivity contribution is 0.0921. The van der Waals surface area contributed by atoms with E-state index in [-0.39, 0.29) is 12.4 Å². The van der Waals surface area contributed by atoms with Crippen molar-refractivity contribution in [1.29, 1.82) is 5.26 Å². The minimum atomic E-state index is -0.100. The zero-order valence-corrected chi connectivity index (χ0v) is 11.6. The molecular formula is C15H10BrNO2. The van der Waals surface area contributed by atoms with Crippen molar-refractivity contribution in [3.63, 3.8) is 0 Å². The summed E-state index contributed by atoms with van der Waals surface area (Å²) < 4.78 is 6.15. The maximum absolute atomic E-state index is 12.0. The number of nitriles is 1. The molecule has 0 aliphatic carbocycles. The van der Waals surface area contributed by atoms with Crippen molar-refractivity contribution in [2.45, 2.75) is 0 Å². The van der Waals surface area contributed by atoms with Crippen molar-refractivity contribution < 1.29 is 9.53 Å². The van der Waals surface area contributed by atoms with Gasteiger partial charge < -0.3 is 4.74 Å². The van der Waals surface area contributed by atoms with Crippen LogP contribution in [0, 0.1) is 11.3 Å². The summed E-state index contributed by atoms with van der Waals surface area (Å²) in [6.07, 6.45) is 0. The fourth-order valence-electron chi connectivity index (χ4n) is 1.54. The molecule has 19 heavy (non-hydrogen) atoms. The van der Waals surface area contributed by atoms with Crippen molar-refractivity contribution in [2.24, 2.45) is 0 Å². The van der Waals surface area contributed by atoms with Crippen LogP contribution in [0.25, 0.3) is 0 Å². The summed E-state index contributed by atoms with van der Waals surface area (Å²) in [6, 6.07) is 15.9. The number of carbonyl (C=O) groups excluding carboxylic acids is 1. The molecule has 0 heterocycles. The van der Waals surface area contributed by atoms with Crippen LogP contribution >= 0.6 is 15.9 Å². The van der Waals surface area contributed by atoms with Crippen LogP contribution in [-0.4, -0.2) is 12.4 Å². The Morgan fingerprint density at radius 2 is 1.84 bits per heavy atom. The van der Waals surface area contributed by atoms with Crippen LogP contribution in [0.4, 0.5) is 0 Å². The van der Waals surface area contributed by atoms with Crippen LogP contribution < -0.4 is 4.74 Å². The highest BCUT2D eigenvalue weighted by atomic mass is 79.9. The SMILES string of the molecule is N#Cc1ccc(OCC(=O)c2ccccc2Br)cc1. The lowest BCUT2D eigenvalue weighted by atomic mass is 10.1. The minimum absolute atomic E-state index is 0.0332. The number of benzene rings is 2. The molecule has 94 valence electrons. The molecule has 0 N–H and O–H groups in total. The molecule has 2 rings (SSSR count). The van der Waals surface area contributed by atoms with E-state index in [9.17, 15) is 4.79 Å². The van der Waals surface area contributed by atoms with Crippen LogP contribution in [0.2, 0.25) is 0 Å². The molecule has 0 amide bonds. The zero-order chi connectivity index (χ0) is 13.7. The highest BCUT2D eigenvalue weighted by Gasteiger charge is 2.09. The normalized spacial score (nSPS) is 9.68. The number of Topliss-reactive ketones (excluding diaryl/α,β-unsaturated/α-hetero) is 1. The van der Waals surface area contributed by atoms with Gasteiger partial charge in [0, 0.05) is 10.0 Å². The smallest absolute Gasteiger partial charge is 0.201 e. The van der Waals surface area contributed by atoms with Crippen molar-refractivity contribution in [2.75, 3.05) is 6.61 Å². The number of nitrogens with zero attached hydrogens (tertiary/aromatic N) is 1.